The van der Waals surface area contributed by atoms with Crippen molar-refractivity contribution in [2.75, 3.05) is 19.0 Å². The van der Waals surface area contributed by atoms with E-state index in [2.05, 4.69) is 36.9 Å². The van der Waals surface area contributed by atoms with Gasteiger partial charge in [0, 0.05) is 11.3 Å². The Hall–Kier alpha value is -2.15. The molecule has 0 aliphatic carbocycles. The molecule has 6 nitrogen and oxygen atoms in total. The van der Waals surface area contributed by atoms with Crippen LogP contribution in [-0.2, 0) is 19.1 Å². The Bertz CT molecular complexity index is 689. The van der Waals surface area contributed by atoms with Gasteiger partial charge >= 0.3 is 11.9 Å². The van der Waals surface area contributed by atoms with Crippen molar-refractivity contribution < 1.29 is 23.9 Å². The first-order chi connectivity index (χ1) is 12.8. The van der Waals surface area contributed by atoms with Crippen LogP contribution in [0.2, 0.25) is 0 Å². The molecule has 1 aromatic rings. The van der Waals surface area contributed by atoms with E-state index in [1.54, 1.807) is 13.0 Å². The van der Waals surface area contributed by atoms with Crippen molar-refractivity contribution in [3.63, 3.8) is 0 Å². The topological polar surface area (TPSA) is 81.7 Å². The fraction of sp³-hybridized carbons (Fsp3) is 0.550. The van der Waals surface area contributed by atoms with Crippen molar-refractivity contribution >= 4 is 34.2 Å². The summed E-state index contributed by atoms with van der Waals surface area (Å²) in [5, 5.41) is 3.20. The second kappa shape index (κ2) is 11.5. The average molecular weight is 396 g/mol. The molecule has 1 rings (SSSR count). The molecule has 0 radical (unpaired) electrons. The molecule has 0 aromatic carbocycles. The van der Waals surface area contributed by atoms with Crippen molar-refractivity contribution in [3.05, 3.63) is 28.2 Å². The van der Waals surface area contributed by atoms with Crippen LogP contribution in [0.25, 0.3) is 0 Å². The lowest BCUT2D eigenvalue weighted by molar-refractivity contribution is -0.141. The van der Waals surface area contributed by atoms with Crippen molar-refractivity contribution in [1.82, 2.24) is 0 Å². The van der Waals surface area contributed by atoms with Gasteiger partial charge in [0.15, 0.2) is 0 Å². The third kappa shape index (κ3) is 7.95. The Kier molecular flexibility index (Phi) is 9.78. The predicted octanol–water partition coefficient (Wildman–Crippen LogP) is 4.67. The summed E-state index contributed by atoms with van der Waals surface area (Å²) in [6, 6.07) is 1.80. The predicted molar refractivity (Wildman–Crippen MR) is 107 cm³/mol. The maximum Gasteiger partial charge on any atom is 0.341 e. The van der Waals surface area contributed by atoms with Gasteiger partial charge in [0.1, 0.15) is 5.00 Å². The molecule has 0 fully saturated rings. The van der Waals surface area contributed by atoms with E-state index in [1.165, 1.54) is 24.0 Å². The van der Waals surface area contributed by atoms with Gasteiger partial charge in [-0.15, -0.1) is 11.3 Å². The van der Waals surface area contributed by atoms with Crippen LogP contribution in [0, 0.1) is 0 Å². The number of methoxy groups -OCH3 is 1. The third-order valence-corrected chi connectivity index (χ3v) is 5.20. The minimum atomic E-state index is -0.459. The summed E-state index contributed by atoms with van der Waals surface area (Å²) in [4.78, 5) is 36.6. The number of hydrogen-bond donors (Lipinski definition) is 1. The molecular formula is C20H29NO5S. The molecule has 1 N–H and O–H groups in total. The molecule has 0 bridgehead atoms. The lowest BCUT2D eigenvalue weighted by atomic mass is 10.0. The second-order valence-electron chi connectivity index (χ2n) is 6.50. The number of esters is 2. The normalized spacial score (nSPS) is 11.4. The molecule has 7 heteroatoms. The summed E-state index contributed by atoms with van der Waals surface area (Å²) in [6.07, 6.45) is 4.08. The molecule has 1 aromatic heterocycles. The van der Waals surface area contributed by atoms with Gasteiger partial charge in [0.05, 0.1) is 25.7 Å². The number of rotatable bonds is 10. The van der Waals surface area contributed by atoms with Crippen LogP contribution in [0.1, 0.15) is 74.5 Å². The van der Waals surface area contributed by atoms with E-state index in [-0.39, 0.29) is 31.3 Å². The molecule has 0 saturated carbocycles. The summed E-state index contributed by atoms with van der Waals surface area (Å²) in [7, 11) is 1.28. The van der Waals surface area contributed by atoms with E-state index in [4.69, 9.17) is 4.74 Å². The quantitative estimate of drug-likeness (QED) is 0.460. The Morgan fingerprint density at radius 2 is 1.96 bits per heavy atom. The molecule has 0 spiro atoms. The summed E-state index contributed by atoms with van der Waals surface area (Å²) < 4.78 is 9.64. The van der Waals surface area contributed by atoms with Crippen LogP contribution in [0.5, 0.6) is 0 Å². The monoisotopic (exact) mass is 395 g/mol. The van der Waals surface area contributed by atoms with Crippen LogP contribution in [0.15, 0.2) is 17.7 Å². The zero-order chi connectivity index (χ0) is 20.4. The van der Waals surface area contributed by atoms with Crippen molar-refractivity contribution in [2.24, 2.45) is 0 Å². The van der Waals surface area contributed by atoms with Gasteiger partial charge in [0.25, 0.3) is 0 Å². The Labute approximate surface area is 164 Å². The summed E-state index contributed by atoms with van der Waals surface area (Å²) >= 11 is 1.38. The number of thiophene rings is 1. The summed E-state index contributed by atoms with van der Waals surface area (Å²) in [5.74, 6) is -0.994. The highest BCUT2D eigenvalue weighted by molar-refractivity contribution is 7.16. The van der Waals surface area contributed by atoms with Gasteiger partial charge in [-0.3, -0.25) is 9.59 Å². The van der Waals surface area contributed by atoms with E-state index >= 15 is 0 Å². The Morgan fingerprint density at radius 3 is 2.56 bits per heavy atom. The van der Waals surface area contributed by atoms with E-state index in [0.717, 1.165) is 17.7 Å². The van der Waals surface area contributed by atoms with Crippen LogP contribution in [-0.4, -0.2) is 31.6 Å². The molecule has 0 saturated heterocycles. The summed E-state index contributed by atoms with van der Waals surface area (Å²) in [5.41, 5.74) is 1.64. The van der Waals surface area contributed by atoms with Gasteiger partial charge in [-0.05, 0) is 45.6 Å². The van der Waals surface area contributed by atoms with Gasteiger partial charge in [-0.1, -0.05) is 18.6 Å². The van der Waals surface area contributed by atoms with Crippen LogP contribution >= 0.6 is 11.3 Å². The lowest BCUT2D eigenvalue weighted by Gasteiger charge is -2.07. The first-order valence-corrected chi connectivity index (χ1v) is 9.91. The number of ether oxygens (including phenoxy) is 2. The van der Waals surface area contributed by atoms with Crippen LogP contribution in [0.3, 0.4) is 0 Å². The maximum atomic E-state index is 12.2. The minimum absolute atomic E-state index is 0.00169. The second-order valence-corrected chi connectivity index (χ2v) is 7.58. The molecule has 0 unspecified atom stereocenters. The van der Waals surface area contributed by atoms with Crippen LogP contribution in [0.4, 0.5) is 5.00 Å². The van der Waals surface area contributed by atoms with Crippen molar-refractivity contribution in [3.8, 4) is 0 Å². The minimum Gasteiger partial charge on any atom is -0.469 e. The van der Waals surface area contributed by atoms with Crippen molar-refractivity contribution in [2.45, 2.75) is 59.3 Å². The number of allylic oxidation sites excluding steroid dienone is 2. The fourth-order valence-electron chi connectivity index (χ4n) is 2.38. The summed E-state index contributed by atoms with van der Waals surface area (Å²) in [6.45, 7) is 8.23. The average Bonchev–Trinajstić information content (AvgIpc) is 3.03. The lowest BCUT2D eigenvalue weighted by Crippen LogP contribution is -2.15. The first-order valence-electron chi connectivity index (χ1n) is 9.09. The van der Waals surface area contributed by atoms with E-state index in [1.807, 2.05) is 0 Å². The molecule has 1 amide bonds. The Morgan fingerprint density at radius 1 is 1.26 bits per heavy atom. The first kappa shape index (κ1) is 22.9. The van der Waals surface area contributed by atoms with Gasteiger partial charge in [-0.25, -0.2) is 4.79 Å². The molecule has 0 aliphatic heterocycles. The van der Waals surface area contributed by atoms with Gasteiger partial charge in [0.2, 0.25) is 5.91 Å². The number of anilines is 1. The van der Waals surface area contributed by atoms with E-state index < -0.39 is 11.9 Å². The van der Waals surface area contributed by atoms with Crippen LogP contribution < -0.4 is 5.32 Å². The maximum absolute atomic E-state index is 12.2. The van der Waals surface area contributed by atoms with E-state index in [0.29, 0.717) is 10.6 Å². The largest absolute Gasteiger partial charge is 0.469 e. The SMILES string of the molecule is CCOC(=O)c1cc([C@@H](C)CCC=C(C)C)sc1NC(=O)CCC(=O)OC. The van der Waals surface area contributed by atoms with Gasteiger partial charge < -0.3 is 14.8 Å². The Balaban J connectivity index is 2.91. The molecule has 27 heavy (non-hydrogen) atoms. The molecule has 0 aliphatic rings. The third-order valence-electron chi connectivity index (χ3n) is 3.92. The van der Waals surface area contributed by atoms with Gasteiger partial charge in [-0.2, -0.15) is 0 Å². The fourth-order valence-corrected chi connectivity index (χ4v) is 3.53. The highest BCUT2D eigenvalue weighted by Gasteiger charge is 2.21. The highest BCUT2D eigenvalue weighted by Crippen LogP contribution is 2.35. The van der Waals surface area contributed by atoms with Crippen molar-refractivity contribution in [1.29, 1.82) is 0 Å². The molecule has 150 valence electrons. The number of carbonyl (C=O) groups excluding carboxylic acids is 3. The molecular weight excluding hydrogens is 366 g/mol. The number of nitrogens with one attached hydrogen (secondary N) is 1. The smallest absolute Gasteiger partial charge is 0.341 e. The molecule has 1 heterocycles. The zero-order valence-corrected chi connectivity index (χ0v) is 17.5. The number of amides is 1. The molecule has 1 atom stereocenters. The van der Waals surface area contributed by atoms with E-state index in [9.17, 15) is 14.4 Å². The highest BCUT2D eigenvalue weighted by atomic mass is 32.1. The number of hydrogen-bond acceptors (Lipinski definition) is 6. The zero-order valence-electron chi connectivity index (χ0n) is 16.7. The number of carbonyl (C=O) groups is 3. The standard InChI is InChI=1S/C20H29NO5S/c1-6-26-20(24)15-12-16(14(4)9-7-8-13(2)3)27-19(15)21-17(22)10-11-18(23)25-5/h8,12,14H,6-7,9-11H2,1-5H3,(H,21,22)/t14-/m0/s1.